The van der Waals surface area contributed by atoms with E-state index < -0.39 is 28.7 Å². The molecule has 1 aliphatic heterocycles. The highest BCUT2D eigenvalue weighted by molar-refractivity contribution is 7.89. The summed E-state index contributed by atoms with van der Waals surface area (Å²) < 4.78 is 66.5. The van der Waals surface area contributed by atoms with Gasteiger partial charge in [-0.15, -0.1) is 13.2 Å². The Morgan fingerprint density at radius 2 is 1.96 bits per heavy atom. The van der Waals surface area contributed by atoms with E-state index in [4.69, 9.17) is 5.73 Å². The molecule has 26 heavy (non-hydrogen) atoms. The predicted octanol–water partition coefficient (Wildman–Crippen LogP) is 1.06. The summed E-state index contributed by atoms with van der Waals surface area (Å²) in [5.74, 6) is -0.923. The van der Waals surface area contributed by atoms with Crippen molar-refractivity contribution in [3.05, 3.63) is 24.3 Å². The lowest BCUT2D eigenvalue weighted by molar-refractivity contribution is -0.274. The molecule has 1 heterocycles. The summed E-state index contributed by atoms with van der Waals surface area (Å²) in [6.07, 6.45) is -4.12. The molecule has 1 aromatic rings. The quantitative estimate of drug-likeness (QED) is 0.750. The first-order chi connectivity index (χ1) is 11.9. The number of hydrogen-bond acceptors (Lipinski definition) is 5. The molecule has 2 rings (SSSR count). The summed E-state index contributed by atoms with van der Waals surface area (Å²) in [4.78, 5) is 13.4. The highest BCUT2D eigenvalue weighted by Crippen LogP contribution is 2.28. The molecule has 0 bridgehead atoms. The van der Waals surface area contributed by atoms with Gasteiger partial charge in [0.1, 0.15) is 5.75 Å². The monoisotopic (exact) mass is 395 g/mol. The Bertz CT molecular complexity index is 752. The van der Waals surface area contributed by atoms with E-state index in [1.807, 2.05) is 6.92 Å². The average molecular weight is 395 g/mol. The Morgan fingerprint density at radius 1 is 1.35 bits per heavy atom. The predicted molar refractivity (Wildman–Crippen MR) is 86.7 cm³/mol. The normalized spacial score (nSPS) is 21.0. The zero-order chi connectivity index (χ0) is 19.6. The van der Waals surface area contributed by atoms with Crippen molar-refractivity contribution in [3.8, 4) is 5.75 Å². The standard InChI is InChI=1S/C15H20F3N3O4S/c1-14(9-19)6-7-21(10-14)13(22)8-20-26(23,24)12-4-2-11(3-5-12)25-15(16,17)18/h2-5,20H,6-10,19H2,1H3. The molecule has 1 fully saturated rings. The summed E-state index contributed by atoms with van der Waals surface area (Å²) in [6, 6.07) is 3.71. The zero-order valence-corrected chi connectivity index (χ0v) is 14.9. The molecule has 1 aliphatic rings. The molecule has 0 saturated carbocycles. The Hall–Kier alpha value is -1.85. The summed E-state index contributed by atoms with van der Waals surface area (Å²) in [5.41, 5.74) is 5.49. The number of alkyl halides is 3. The van der Waals surface area contributed by atoms with Crippen LogP contribution in [0.2, 0.25) is 0 Å². The van der Waals surface area contributed by atoms with Crippen LogP contribution in [0.3, 0.4) is 0 Å². The summed E-state index contributed by atoms with van der Waals surface area (Å²) in [5, 5.41) is 0. The van der Waals surface area contributed by atoms with E-state index in [9.17, 15) is 26.4 Å². The van der Waals surface area contributed by atoms with E-state index in [2.05, 4.69) is 9.46 Å². The van der Waals surface area contributed by atoms with E-state index in [-0.39, 0.29) is 16.2 Å². The molecule has 0 aliphatic carbocycles. The van der Waals surface area contributed by atoms with E-state index >= 15 is 0 Å². The number of nitrogens with one attached hydrogen (secondary N) is 1. The molecule has 3 N–H and O–H groups in total. The average Bonchev–Trinajstić information content (AvgIpc) is 2.95. The summed E-state index contributed by atoms with van der Waals surface area (Å²) in [6.45, 7) is 2.89. The van der Waals surface area contributed by atoms with E-state index in [0.29, 0.717) is 19.6 Å². The number of likely N-dealkylation sites (tertiary alicyclic amines) is 1. The number of carbonyl (C=O) groups excluding carboxylic acids is 1. The van der Waals surface area contributed by atoms with Gasteiger partial charge in [0, 0.05) is 13.1 Å². The van der Waals surface area contributed by atoms with Gasteiger partial charge in [0.05, 0.1) is 11.4 Å². The third-order valence-electron chi connectivity index (χ3n) is 4.18. The Labute approximate surface area is 149 Å². The lowest BCUT2D eigenvalue weighted by Crippen LogP contribution is -2.40. The highest BCUT2D eigenvalue weighted by Gasteiger charge is 2.35. The number of sulfonamides is 1. The largest absolute Gasteiger partial charge is 0.573 e. The van der Waals surface area contributed by atoms with Gasteiger partial charge in [0.2, 0.25) is 15.9 Å². The minimum Gasteiger partial charge on any atom is -0.406 e. The Kier molecular flexibility index (Phi) is 5.83. The number of amides is 1. The lowest BCUT2D eigenvalue weighted by Gasteiger charge is -2.22. The maximum absolute atomic E-state index is 12.2. The van der Waals surface area contributed by atoms with Crippen molar-refractivity contribution in [1.82, 2.24) is 9.62 Å². The SMILES string of the molecule is CC1(CN)CCN(C(=O)CNS(=O)(=O)c2ccc(OC(F)(F)F)cc2)C1. The number of benzene rings is 1. The van der Waals surface area contributed by atoms with Crippen molar-refractivity contribution in [2.45, 2.75) is 24.6 Å². The van der Waals surface area contributed by atoms with Crippen LogP contribution in [-0.4, -0.2) is 51.8 Å². The number of nitrogens with zero attached hydrogens (tertiary/aromatic N) is 1. The van der Waals surface area contributed by atoms with Gasteiger partial charge < -0.3 is 15.4 Å². The van der Waals surface area contributed by atoms with Crippen LogP contribution in [0.25, 0.3) is 0 Å². The molecule has 0 spiro atoms. The van der Waals surface area contributed by atoms with Crippen LogP contribution >= 0.6 is 0 Å². The second-order valence-corrected chi connectivity index (χ2v) is 8.19. The number of carbonyl (C=O) groups is 1. The van der Waals surface area contributed by atoms with Gasteiger partial charge in [-0.05, 0) is 42.6 Å². The van der Waals surface area contributed by atoms with Crippen LogP contribution in [0.1, 0.15) is 13.3 Å². The molecule has 11 heteroatoms. The number of ether oxygens (including phenoxy) is 1. The van der Waals surface area contributed by atoms with Crippen molar-refractivity contribution >= 4 is 15.9 Å². The van der Waals surface area contributed by atoms with Gasteiger partial charge in [-0.2, -0.15) is 0 Å². The van der Waals surface area contributed by atoms with Gasteiger partial charge in [-0.25, -0.2) is 13.1 Å². The molecule has 1 saturated heterocycles. The maximum Gasteiger partial charge on any atom is 0.573 e. The zero-order valence-electron chi connectivity index (χ0n) is 14.0. The third kappa shape index (κ3) is 5.32. The van der Waals surface area contributed by atoms with Crippen molar-refractivity contribution < 1.29 is 31.1 Å². The first kappa shape index (κ1) is 20.5. The molecule has 0 radical (unpaired) electrons. The van der Waals surface area contributed by atoms with Crippen molar-refractivity contribution in [3.63, 3.8) is 0 Å². The van der Waals surface area contributed by atoms with Gasteiger partial charge >= 0.3 is 6.36 Å². The second-order valence-electron chi connectivity index (χ2n) is 6.42. The number of hydrogen-bond donors (Lipinski definition) is 2. The molecule has 1 aromatic carbocycles. The van der Waals surface area contributed by atoms with Gasteiger partial charge in [0.15, 0.2) is 0 Å². The molecule has 7 nitrogen and oxygen atoms in total. The number of rotatable bonds is 6. The van der Waals surface area contributed by atoms with Crippen LogP contribution in [0.15, 0.2) is 29.2 Å². The number of halogens is 3. The van der Waals surface area contributed by atoms with E-state index in [0.717, 1.165) is 30.7 Å². The first-order valence-electron chi connectivity index (χ1n) is 7.77. The van der Waals surface area contributed by atoms with Crippen molar-refractivity contribution in [2.24, 2.45) is 11.1 Å². The fourth-order valence-electron chi connectivity index (χ4n) is 2.58. The fraction of sp³-hybridized carbons (Fsp3) is 0.533. The van der Waals surface area contributed by atoms with Crippen LogP contribution in [0.5, 0.6) is 5.75 Å². The molecule has 1 amide bonds. The highest BCUT2D eigenvalue weighted by atomic mass is 32.2. The molecule has 0 aromatic heterocycles. The van der Waals surface area contributed by atoms with Crippen LogP contribution < -0.4 is 15.2 Å². The van der Waals surface area contributed by atoms with Gasteiger partial charge in [-0.3, -0.25) is 4.79 Å². The molecule has 1 unspecified atom stereocenters. The van der Waals surface area contributed by atoms with Crippen LogP contribution in [-0.2, 0) is 14.8 Å². The summed E-state index contributed by atoms with van der Waals surface area (Å²) in [7, 11) is -4.04. The smallest absolute Gasteiger partial charge is 0.406 e. The molecular weight excluding hydrogens is 375 g/mol. The topological polar surface area (TPSA) is 102 Å². The Morgan fingerprint density at radius 3 is 2.46 bits per heavy atom. The first-order valence-corrected chi connectivity index (χ1v) is 9.26. The molecule has 1 atom stereocenters. The minimum absolute atomic E-state index is 0.178. The lowest BCUT2D eigenvalue weighted by atomic mass is 9.90. The van der Waals surface area contributed by atoms with Crippen molar-refractivity contribution in [2.75, 3.05) is 26.2 Å². The number of nitrogens with two attached hydrogens (primary N) is 1. The van der Waals surface area contributed by atoms with Crippen LogP contribution in [0.4, 0.5) is 13.2 Å². The third-order valence-corrected chi connectivity index (χ3v) is 5.60. The maximum atomic E-state index is 12.2. The molecule has 146 valence electrons. The second kappa shape index (κ2) is 7.41. The van der Waals surface area contributed by atoms with Crippen LogP contribution in [0, 0.1) is 5.41 Å². The molecular formula is C15H20F3N3O4S. The van der Waals surface area contributed by atoms with Gasteiger partial charge in [0.25, 0.3) is 0 Å². The Balaban J connectivity index is 1.95. The van der Waals surface area contributed by atoms with Gasteiger partial charge in [-0.1, -0.05) is 6.92 Å². The summed E-state index contributed by atoms with van der Waals surface area (Å²) >= 11 is 0. The van der Waals surface area contributed by atoms with Crippen molar-refractivity contribution in [1.29, 1.82) is 0 Å². The fourth-order valence-corrected chi connectivity index (χ4v) is 3.55. The van der Waals surface area contributed by atoms with E-state index in [1.165, 1.54) is 4.90 Å². The minimum atomic E-state index is -4.86. The van der Waals surface area contributed by atoms with E-state index in [1.54, 1.807) is 0 Å².